The van der Waals surface area contributed by atoms with Crippen molar-refractivity contribution in [2.45, 2.75) is 12.3 Å². The summed E-state index contributed by atoms with van der Waals surface area (Å²) in [7, 11) is 0. The third kappa shape index (κ3) is 5.53. The summed E-state index contributed by atoms with van der Waals surface area (Å²) in [6, 6.07) is 14.3. The summed E-state index contributed by atoms with van der Waals surface area (Å²) in [5, 5.41) is 21.0. The number of aliphatic hydroxyl groups is 2. The Bertz CT molecular complexity index is 1470. The molecule has 0 unspecified atom stereocenters. The average molecular weight is 500 g/mol. The monoisotopic (exact) mass is 500 g/mol. The second-order valence-corrected chi connectivity index (χ2v) is 7.70. The van der Waals surface area contributed by atoms with Crippen LogP contribution in [0, 0.1) is 0 Å². The molecule has 0 aliphatic heterocycles. The molecule has 4 aromatic rings. The molecule has 2 heterocycles. The van der Waals surface area contributed by atoms with E-state index in [-0.39, 0.29) is 46.2 Å². The molecule has 1 amide bonds. The maximum atomic E-state index is 13.1. The smallest absolute Gasteiger partial charge is 0.416 e. The molecule has 0 aliphatic rings. The highest BCUT2D eigenvalue weighted by molar-refractivity contribution is 6.07. The molecule has 0 aliphatic carbocycles. The van der Waals surface area contributed by atoms with Gasteiger partial charge in [0.1, 0.15) is 24.2 Å². The van der Waals surface area contributed by atoms with Crippen molar-refractivity contribution in [2.24, 2.45) is 0 Å². The number of hydrogen-bond donors (Lipinski definition) is 3. The number of nitrogens with zero attached hydrogens (tertiary/aromatic N) is 1. The van der Waals surface area contributed by atoms with E-state index in [1.54, 1.807) is 0 Å². The Morgan fingerprint density at radius 3 is 2.58 bits per heavy atom. The number of hydrogen-bond acceptors (Lipinski definition) is 7. The zero-order chi connectivity index (χ0) is 25.9. The van der Waals surface area contributed by atoms with E-state index in [1.165, 1.54) is 48.5 Å². The third-order valence-electron chi connectivity index (χ3n) is 5.07. The quantitative estimate of drug-likeness (QED) is 0.352. The van der Waals surface area contributed by atoms with Crippen LogP contribution in [0.4, 0.5) is 18.9 Å². The van der Waals surface area contributed by atoms with Crippen LogP contribution < -0.4 is 15.5 Å². The number of rotatable bonds is 7. The fourth-order valence-electron chi connectivity index (χ4n) is 3.31. The number of fused-ring (bicyclic) bond motifs is 1. The summed E-state index contributed by atoms with van der Waals surface area (Å²) in [6.07, 6.45) is -5.69. The van der Waals surface area contributed by atoms with Crippen LogP contribution in [-0.2, 0) is 6.18 Å². The molecule has 0 saturated heterocycles. The Kier molecular flexibility index (Phi) is 7.04. The van der Waals surface area contributed by atoms with E-state index in [9.17, 15) is 27.9 Å². The van der Waals surface area contributed by atoms with Crippen LogP contribution in [0.15, 0.2) is 75.9 Å². The number of alkyl halides is 3. The lowest BCUT2D eigenvalue weighted by molar-refractivity contribution is -0.137. The van der Waals surface area contributed by atoms with Gasteiger partial charge in [0.25, 0.3) is 5.91 Å². The van der Waals surface area contributed by atoms with Gasteiger partial charge in [0.2, 0.25) is 5.88 Å². The largest absolute Gasteiger partial charge is 0.475 e. The van der Waals surface area contributed by atoms with Crippen LogP contribution >= 0.6 is 0 Å². The highest BCUT2D eigenvalue weighted by Crippen LogP contribution is 2.33. The van der Waals surface area contributed by atoms with Gasteiger partial charge >= 0.3 is 6.18 Å². The second kappa shape index (κ2) is 10.2. The van der Waals surface area contributed by atoms with E-state index in [0.29, 0.717) is 0 Å². The molecule has 0 fully saturated rings. The van der Waals surface area contributed by atoms with Crippen molar-refractivity contribution in [3.8, 4) is 17.2 Å². The summed E-state index contributed by atoms with van der Waals surface area (Å²) >= 11 is 0. The van der Waals surface area contributed by atoms with E-state index in [4.69, 9.17) is 14.3 Å². The number of aliphatic hydroxyl groups excluding tert-OH is 2. The number of aromatic nitrogens is 1. The third-order valence-corrected chi connectivity index (χ3v) is 5.07. The molecule has 0 saturated carbocycles. The number of nitrogens with one attached hydrogen (secondary N) is 1. The van der Waals surface area contributed by atoms with Crippen LogP contribution in [-0.4, -0.2) is 40.4 Å². The minimum absolute atomic E-state index is 0.0239. The van der Waals surface area contributed by atoms with E-state index in [1.807, 2.05) is 0 Å². The van der Waals surface area contributed by atoms with E-state index >= 15 is 0 Å². The van der Waals surface area contributed by atoms with Gasteiger partial charge in [0.15, 0.2) is 11.0 Å². The van der Waals surface area contributed by atoms with Crippen LogP contribution in [0.25, 0.3) is 22.3 Å². The molecular weight excluding hydrogens is 481 g/mol. The molecular formula is C25H19F3N2O6. The predicted molar refractivity (Wildman–Crippen MR) is 124 cm³/mol. The fourth-order valence-corrected chi connectivity index (χ4v) is 3.31. The molecule has 36 heavy (non-hydrogen) atoms. The topological polar surface area (TPSA) is 122 Å². The minimum atomic E-state index is -4.58. The van der Waals surface area contributed by atoms with Gasteiger partial charge in [-0.15, -0.1) is 0 Å². The van der Waals surface area contributed by atoms with E-state index < -0.39 is 35.8 Å². The summed E-state index contributed by atoms with van der Waals surface area (Å²) in [6.45, 7) is -0.740. The lowest BCUT2D eigenvalue weighted by atomic mass is 10.1. The van der Waals surface area contributed by atoms with Crippen molar-refractivity contribution < 1.29 is 37.3 Å². The molecule has 11 heteroatoms. The van der Waals surface area contributed by atoms with E-state index in [2.05, 4.69) is 10.3 Å². The predicted octanol–water partition coefficient (Wildman–Crippen LogP) is 3.86. The van der Waals surface area contributed by atoms with Crippen molar-refractivity contribution in [1.82, 2.24) is 4.98 Å². The maximum Gasteiger partial charge on any atom is 0.416 e. The summed E-state index contributed by atoms with van der Waals surface area (Å²) in [5.41, 5.74) is -1.34. The van der Waals surface area contributed by atoms with Crippen molar-refractivity contribution >= 4 is 22.6 Å². The lowest BCUT2D eigenvalue weighted by Gasteiger charge is -2.12. The molecule has 3 N–H and O–H groups in total. The number of anilines is 1. The number of halogens is 3. The first-order valence-electron chi connectivity index (χ1n) is 10.6. The standard InChI is InChI=1S/C25H19F3N2O6/c26-25(27,28)15-5-1-4-14(10-15)21-11-20(33)17-6-2-7-18(23(17)36-21)30-24(34)19-8-3-9-22(29-19)35-13-16(32)12-31/h1-11,16,31-32H,12-13H2,(H,30,34)/t16-/m0/s1. The molecule has 1 atom stereocenters. The maximum absolute atomic E-state index is 13.1. The first-order chi connectivity index (χ1) is 17.2. The Balaban J connectivity index is 1.67. The van der Waals surface area contributed by atoms with Gasteiger partial charge in [0.05, 0.1) is 23.2 Å². The van der Waals surface area contributed by atoms with Gasteiger partial charge < -0.3 is 24.7 Å². The normalized spacial score (nSPS) is 12.4. The van der Waals surface area contributed by atoms with Crippen LogP contribution in [0.2, 0.25) is 0 Å². The average Bonchev–Trinajstić information content (AvgIpc) is 2.87. The number of ether oxygens (including phenoxy) is 1. The molecule has 8 nitrogen and oxygen atoms in total. The van der Waals surface area contributed by atoms with Gasteiger partial charge in [-0.2, -0.15) is 13.2 Å². The minimum Gasteiger partial charge on any atom is -0.475 e. The van der Waals surface area contributed by atoms with Crippen molar-refractivity contribution in [1.29, 1.82) is 0 Å². The Morgan fingerprint density at radius 2 is 1.83 bits per heavy atom. The molecule has 0 spiro atoms. The number of pyridine rings is 1. The molecule has 0 radical (unpaired) electrons. The highest BCUT2D eigenvalue weighted by atomic mass is 19.4. The summed E-state index contributed by atoms with van der Waals surface area (Å²) in [4.78, 5) is 29.6. The molecule has 4 rings (SSSR count). The zero-order valence-electron chi connectivity index (χ0n) is 18.5. The number of carbonyl (C=O) groups is 1. The number of carbonyl (C=O) groups excluding carboxylic acids is 1. The van der Waals surface area contributed by atoms with E-state index in [0.717, 1.165) is 18.2 Å². The van der Waals surface area contributed by atoms with Gasteiger partial charge in [-0.3, -0.25) is 9.59 Å². The number of benzene rings is 2. The summed E-state index contributed by atoms with van der Waals surface area (Å²) < 4.78 is 50.5. The first kappa shape index (κ1) is 24.9. The highest BCUT2D eigenvalue weighted by Gasteiger charge is 2.30. The molecule has 0 bridgehead atoms. The van der Waals surface area contributed by atoms with Crippen molar-refractivity contribution in [3.05, 3.63) is 88.2 Å². The van der Waals surface area contributed by atoms with Crippen LogP contribution in [0.1, 0.15) is 16.1 Å². The van der Waals surface area contributed by atoms with Crippen LogP contribution in [0.5, 0.6) is 5.88 Å². The fraction of sp³-hybridized carbons (Fsp3) is 0.160. The summed E-state index contributed by atoms with van der Waals surface area (Å²) in [5.74, 6) is -0.745. The first-order valence-corrected chi connectivity index (χ1v) is 10.6. The van der Waals surface area contributed by atoms with Gasteiger partial charge in [0, 0.05) is 17.7 Å². The zero-order valence-corrected chi connectivity index (χ0v) is 18.5. The number of amides is 1. The van der Waals surface area contributed by atoms with Gasteiger partial charge in [-0.25, -0.2) is 4.98 Å². The van der Waals surface area contributed by atoms with Crippen molar-refractivity contribution in [2.75, 3.05) is 18.5 Å². The molecule has 186 valence electrons. The Labute approximate surface area is 201 Å². The lowest BCUT2D eigenvalue weighted by Crippen LogP contribution is -2.22. The second-order valence-electron chi connectivity index (χ2n) is 7.70. The molecule has 2 aromatic carbocycles. The van der Waals surface area contributed by atoms with Crippen LogP contribution in [0.3, 0.4) is 0 Å². The van der Waals surface area contributed by atoms with Gasteiger partial charge in [-0.05, 0) is 30.3 Å². The Morgan fingerprint density at radius 1 is 1.08 bits per heavy atom. The van der Waals surface area contributed by atoms with Crippen molar-refractivity contribution in [3.63, 3.8) is 0 Å². The van der Waals surface area contributed by atoms with Gasteiger partial charge in [-0.1, -0.05) is 24.3 Å². The Hall–Kier alpha value is -4.22. The molecule has 2 aromatic heterocycles. The SMILES string of the molecule is O=C(Nc1cccc2c(=O)cc(-c3cccc(C(F)(F)F)c3)oc12)c1cccc(OC[C@@H](O)CO)n1. The number of para-hydroxylation sites is 1.